The maximum absolute atomic E-state index is 13.7. The van der Waals surface area contributed by atoms with Gasteiger partial charge in [-0.05, 0) is 31.0 Å². The fourth-order valence-corrected chi connectivity index (χ4v) is 2.01. The zero-order valence-electron chi connectivity index (χ0n) is 10.7. The molecule has 6 nitrogen and oxygen atoms in total. The number of nitrogens with one attached hydrogen (secondary N) is 1. The lowest BCUT2D eigenvalue weighted by molar-refractivity contribution is 0.0696. The van der Waals surface area contributed by atoms with Gasteiger partial charge in [0.1, 0.15) is 5.82 Å². The molecule has 3 N–H and O–H groups in total. The Labute approximate surface area is 114 Å². The van der Waals surface area contributed by atoms with Crippen LogP contribution in [0.4, 0.5) is 14.9 Å². The van der Waals surface area contributed by atoms with Gasteiger partial charge in [-0.1, -0.05) is 0 Å². The maximum atomic E-state index is 13.7. The zero-order valence-corrected chi connectivity index (χ0v) is 10.7. The van der Waals surface area contributed by atoms with Crippen LogP contribution in [0.1, 0.15) is 23.2 Å². The molecule has 0 spiro atoms. The minimum atomic E-state index is -1.23. The number of rotatable bonds is 2. The highest BCUT2D eigenvalue weighted by molar-refractivity contribution is 5.91. The SMILES string of the molecule is O=C(O)c1ccc(NC(=O)N2CCC(O)CC2)c(F)c1. The molecule has 1 aliphatic rings. The number of piperidine rings is 1. The lowest BCUT2D eigenvalue weighted by Crippen LogP contribution is -2.42. The Morgan fingerprint density at radius 2 is 1.95 bits per heavy atom. The molecule has 2 amide bonds. The summed E-state index contributed by atoms with van der Waals surface area (Å²) in [6, 6.07) is 2.84. The summed E-state index contributed by atoms with van der Waals surface area (Å²) in [7, 11) is 0. The number of likely N-dealkylation sites (tertiary alicyclic amines) is 1. The number of benzene rings is 1. The lowest BCUT2D eigenvalue weighted by atomic mass is 10.1. The molecule has 0 unspecified atom stereocenters. The van der Waals surface area contributed by atoms with Crippen molar-refractivity contribution in [1.82, 2.24) is 4.90 Å². The average Bonchev–Trinajstić information content (AvgIpc) is 2.41. The number of aromatic carboxylic acids is 1. The van der Waals surface area contributed by atoms with Crippen molar-refractivity contribution in [3.05, 3.63) is 29.6 Å². The number of carbonyl (C=O) groups excluding carboxylic acids is 1. The second-order valence-electron chi connectivity index (χ2n) is 4.65. The maximum Gasteiger partial charge on any atom is 0.335 e. The Bertz CT molecular complexity index is 527. The molecule has 20 heavy (non-hydrogen) atoms. The van der Waals surface area contributed by atoms with Crippen molar-refractivity contribution in [3.63, 3.8) is 0 Å². The molecule has 1 saturated heterocycles. The number of urea groups is 1. The Hall–Kier alpha value is -2.15. The number of anilines is 1. The largest absolute Gasteiger partial charge is 0.478 e. The molecule has 0 aromatic heterocycles. The third-order valence-corrected chi connectivity index (χ3v) is 3.21. The quantitative estimate of drug-likeness (QED) is 0.767. The normalized spacial score (nSPS) is 16.0. The van der Waals surface area contributed by atoms with Crippen molar-refractivity contribution in [2.45, 2.75) is 18.9 Å². The molecular weight excluding hydrogens is 267 g/mol. The van der Waals surface area contributed by atoms with Crippen LogP contribution in [-0.2, 0) is 0 Å². The highest BCUT2D eigenvalue weighted by atomic mass is 19.1. The standard InChI is InChI=1S/C13H15FN2O4/c14-10-7-8(12(18)19)1-2-11(10)15-13(20)16-5-3-9(17)4-6-16/h1-2,7,9,17H,3-6H2,(H,15,20)(H,18,19). The van der Waals surface area contributed by atoms with Crippen LogP contribution in [0.5, 0.6) is 0 Å². The van der Waals surface area contributed by atoms with E-state index >= 15 is 0 Å². The summed E-state index contributed by atoms with van der Waals surface area (Å²) in [4.78, 5) is 24.1. The molecule has 0 aliphatic carbocycles. The van der Waals surface area contributed by atoms with E-state index in [2.05, 4.69) is 5.32 Å². The molecule has 1 aromatic rings. The molecule has 1 aliphatic heterocycles. The van der Waals surface area contributed by atoms with E-state index in [4.69, 9.17) is 5.11 Å². The molecule has 0 saturated carbocycles. The van der Waals surface area contributed by atoms with Gasteiger partial charge >= 0.3 is 12.0 Å². The third-order valence-electron chi connectivity index (χ3n) is 3.21. The number of hydrogen-bond donors (Lipinski definition) is 3. The van der Waals surface area contributed by atoms with E-state index < -0.39 is 23.9 Å². The van der Waals surface area contributed by atoms with Crippen molar-refractivity contribution in [2.75, 3.05) is 18.4 Å². The van der Waals surface area contributed by atoms with E-state index in [1.165, 1.54) is 17.0 Å². The van der Waals surface area contributed by atoms with Gasteiger partial charge in [0.2, 0.25) is 0 Å². The summed E-state index contributed by atoms with van der Waals surface area (Å²) in [6.45, 7) is 0.809. The Morgan fingerprint density at radius 1 is 1.30 bits per heavy atom. The van der Waals surface area contributed by atoms with Crippen LogP contribution >= 0.6 is 0 Å². The first-order valence-corrected chi connectivity index (χ1v) is 6.24. The van der Waals surface area contributed by atoms with Crippen LogP contribution in [0, 0.1) is 5.82 Å². The van der Waals surface area contributed by atoms with Crippen molar-refractivity contribution in [1.29, 1.82) is 0 Å². The average molecular weight is 282 g/mol. The number of hydrogen-bond acceptors (Lipinski definition) is 3. The molecule has 0 bridgehead atoms. The highest BCUT2D eigenvalue weighted by Crippen LogP contribution is 2.18. The van der Waals surface area contributed by atoms with Gasteiger partial charge in [-0.2, -0.15) is 0 Å². The number of carbonyl (C=O) groups is 2. The van der Waals surface area contributed by atoms with Gasteiger partial charge in [0.25, 0.3) is 0 Å². The number of nitrogens with zero attached hydrogens (tertiary/aromatic N) is 1. The number of aliphatic hydroxyl groups excluding tert-OH is 1. The molecule has 1 heterocycles. The van der Waals surface area contributed by atoms with Gasteiger partial charge in [0.05, 0.1) is 17.4 Å². The van der Waals surface area contributed by atoms with Gasteiger partial charge in [-0.25, -0.2) is 14.0 Å². The van der Waals surface area contributed by atoms with Crippen LogP contribution in [-0.4, -0.2) is 46.3 Å². The smallest absolute Gasteiger partial charge is 0.335 e. The molecular formula is C13H15FN2O4. The van der Waals surface area contributed by atoms with E-state index in [1.54, 1.807) is 0 Å². The van der Waals surface area contributed by atoms with Crippen LogP contribution in [0.3, 0.4) is 0 Å². The van der Waals surface area contributed by atoms with Gasteiger partial charge < -0.3 is 20.4 Å². The van der Waals surface area contributed by atoms with Crippen molar-refractivity contribution < 1.29 is 24.2 Å². The minimum Gasteiger partial charge on any atom is -0.478 e. The van der Waals surface area contributed by atoms with E-state index in [9.17, 15) is 19.1 Å². The molecule has 0 radical (unpaired) electrons. The van der Waals surface area contributed by atoms with E-state index in [1.807, 2.05) is 0 Å². The van der Waals surface area contributed by atoms with Crippen LogP contribution in [0.2, 0.25) is 0 Å². The summed E-state index contributed by atoms with van der Waals surface area (Å²) in [6.07, 6.45) is 0.590. The van der Waals surface area contributed by atoms with E-state index in [0.717, 1.165) is 6.07 Å². The molecule has 2 rings (SSSR count). The van der Waals surface area contributed by atoms with Gasteiger partial charge in [-0.3, -0.25) is 0 Å². The summed E-state index contributed by atoms with van der Waals surface area (Å²) >= 11 is 0. The van der Waals surface area contributed by atoms with E-state index in [-0.39, 0.29) is 11.3 Å². The third kappa shape index (κ3) is 3.24. The zero-order chi connectivity index (χ0) is 14.7. The molecule has 108 valence electrons. The van der Waals surface area contributed by atoms with Gasteiger partial charge in [-0.15, -0.1) is 0 Å². The highest BCUT2D eigenvalue weighted by Gasteiger charge is 2.22. The van der Waals surface area contributed by atoms with Crippen LogP contribution in [0.15, 0.2) is 18.2 Å². The first-order chi connectivity index (χ1) is 9.47. The summed E-state index contributed by atoms with van der Waals surface area (Å²) in [5.74, 6) is -2.03. The topological polar surface area (TPSA) is 89.9 Å². The number of amides is 2. The Kier molecular flexibility index (Phi) is 4.19. The second kappa shape index (κ2) is 5.87. The first-order valence-electron chi connectivity index (χ1n) is 6.24. The minimum absolute atomic E-state index is 0.0638. The first kappa shape index (κ1) is 14.3. The number of carboxylic acids is 1. The number of aliphatic hydroxyl groups is 1. The van der Waals surface area contributed by atoms with Crippen molar-refractivity contribution in [2.24, 2.45) is 0 Å². The fraction of sp³-hybridized carbons (Fsp3) is 0.385. The Balaban J connectivity index is 2.02. The Morgan fingerprint density at radius 3 is 2.50 bits per heavy atom. The van der Waals surface area contributed by atoms with E-state index in [0.29, 0.717) is 25.9 Å². The predicted molar refractivity (Wildman–Crippen MR) is 69.2 cm³/mol. The summed E-state index contributed by atoms with van der Waals surface area (Å²) in [5.41, 5.74) is -0.243. The summed E-state index contributed by atoms with van der Waals surface area (Å²) < 4.78 is 13.7. The lowest BCUT2D eigenvalue weighted by Gasteiger charge is -2.29. The monoisotopic (exact) mass is 282 g/mol. The van der Waals surface area contributed by atoms with Gasteiger partial charge in [0, 0.05) is 13.1 Å². The number of carboxylic acid groups (broad SMARTS) is 1. The molecule has 1 fully saturated rings. The molecule has 0 atom stereocenters. The van der Waals surface area contributed by atoms with Crippen LogP contribution < -0.4 is 5.32 Å². The summed E-state index contributed by atoms with van der Waals surface area (Å²) in [5, 5.41) is 20.5. The van der Waals surface area contributed by atoms with Crippen LogP contribution in [0.25, 0.3) is 0 Å². The van der Waals surface area contributed by atoms with Gasteiger partial charge in [0.15, 0.2) is 0 Å². The predicted octanol–water partition coefficient (Wildman–Crippen LogP) is 1.51. The molecule has 7 heteroatoms. The van der Waals surface area contributed by atoms with Crippen molar-refractivity contribution >= 4 is 17.7 Å². The molecule has 1 aromatic carbocycles. The second-order valence-corrected chi connectivity index (χ2v) is 4.65. The fourth-order valence-electron chi connectivity index (χ4n) is 2.01. The van der Waals surface area contributed by atoms with Crippen molar-refractivity contribution in [3.8, 4) is 0 Å². The number of halogens is 1.